The molecule has 32 heavy (non-hydrogen) atoms. The Morgan fingerprint density at radius 2 is 1.62 bits per heavy atom. The minimum absolute atomic E-state index is 0.0395. The minimum atomic E-state index is -0.415. The normalized spacial score (nSPS) is 16.6. The van der Waals surface area contributed by atoms with Crippen LogP contribution in [0.15, 0.2) is 54.6 Å². The number of Topliss-reactive ketones (excluding diaryl/α,β-unsaturated/α-hetero) is 1. The molecule has 0 aliphatic heterocycles. The molecule has 0 heterocycles. The van der Waals surface area contributed by atoms with Crippen molar-refractivity contribution < 1.29 is 14.3 Å². The van der Waals surface area contributed by atoms with E-state index in [4.69, 9.17) is 4.74 Å². The highest BCUT2D eigenvalue weighted by molar-refractivity contribution is 6.10. The van der Waals surface area contributed by atoms with Crippen LogP contribution in [0.4, 0.5) is 0 Å². The topological polar surface area (TPSA) is 43.4 Å². The molecule has 3 heteroatoms. The summed E-state index contributed by atoms with van der Waals surface area (Å²) in [7, 11) is 1.71. The first-order chi connectivity index (χ1) is 15.1. The molecule has 1 unspecified atom stereocenters. The zero-order valence-electron chi connectivity index (χ0n) is 19.7. The number of allylic oxidation sites excluding steroid dienone is 2. The van der Waals surface area contributed by atoms with E-state index in [-0.39, 0.29) is 23.4 Å². The Bertz CT molecular complexity index is 1270. The molecular weight excluding hydrogens is 396 g/mol. The van der Waals surface area contributed by atoms with Gasteiger partial charge >= 0.3 is 0 Å². The molecule has 1 aliphatic rings. The van der Waals surface area contributed by atoms with Gasteiger partial charge in [0.2, 0.25) is 0 Å². The highest BCUT2D eigenvalue weighted by Crippen LogP contribution is 2.45. The maximum absolute atomic E-state index is 12.8. The van der Waals surface area contributed by atoms with Gasteiger partial charge in [-0.2, -0.15) is 0 Å². The molecule has 4 rings (SSSR count). The van der Waals surface area contributed by atoms with E-state index >= 15 is 0 Å². The second-order valence-electron chi connectivity index (χ2n) is 9.81. The number of ether oxygens (including phenoxy) is 1. The number of fused-ring (bicyclic) bond motifs is 1. The predicted molar refractivity (Wildman–Crippen MR) is 131 cm³/mol. The lowest BCUT2D eigenvalue weighted by Gasteiger charge is -2.29. The second-order valence-corrected chi connectivity index (χ2v) is 9.81. The third kappa shape index (κ3) is 3.88. The van der Waals surface area contributed by atoms with Crippen LogP contribution in [0.25, 0.3) is 21.9 Å². The summed E-state index contributed by atoms with van der Waals surface area (Å²) in [5.41, 5.74) is 6.13. The minimum Gasteiger partial charge on any atom is -0.496 e. The molecule has 3 aromatic carbocycles. The molecule has 0 radical (unpaired) electrons. The number of aryl methyl sites for hydroxylation is 1. The van der Waals surface area contributed by atoms with Crippen LogP contribution in [0.5, 0.6) is 5.75 Å². The molecule has 0 N–H and O–H groups in total. The predicted octanol–water partition coefficient (Wildman–Crippen LogP) is 6.61. The molecule has 1 aliphatic carbocycles. The molecule has 0 saturated heterocycles. The van der Waals surface area contributed by atoms with Crippen molar-refractivity contribution in [3.05, 3.63) is 76.9 Å². The zero-order chi connectivity index (χ0) is 23.2. The van der Waals surface area contributed by atoms with Crippen LogP contribution in [-0.4, -0.2) is 18.7 Å². The van der Waals surface area contributed by atoms with Crippen molar-refractivity contribution in [3.8, 4) is 16.9 Å². The molecule has 1 atom stereocenters. The first kappa shape index (κ1) is 22.0. The van der Waals surface area contributed by atoms with Crippen LogP contribution >= 0.6 is 0 Å². The highest BCUT2D eigenvalue weighted by Gasteiger charge is 2.31. The number of rotatable bonds is 3. The van der Waals surface area contributed by atoms with E-state index in [0.717, 1.165) is 39.0 Å². The summed E-state index contributed by atoms with van der Waals surface area (Å²) in [6.45, 7) is 10.6. The molecule has 3 aromatic rings. The molecule has 0 spiro atoms. The van der Waals surface area contributed by atoms with Crippen molar-refractivity contribution in [2.45, 2.75) is 52.4 Å². The monoisotopic (exact) mass is 426 g/mol. The lowest BCUT2D eigenvalue weighted by atomic mass is 9.76. The molecular formula is C29H30O3. The number of methoxy groups -OCH3 is 1. The third-order valence-corrected chi connectivity index (χ3v) is 6.38. The van der Waals surface area contributed by atoms with Crippen molar-refractivity contribution in [2.75, 3.05) is 7.11 Å². The molecule has 0 saturated carbocycles. The van der Waals surface area contributed by atoms with Gasteiger partial charge in [0, 0.05) is 11.1 Å². The summed E-state index contributed by atoms with van der Waals surface area (Å²) in [4.78, 5) is 24.6. The fourth-order valence-corrected chi connectivity index (χ4v) is 4.67. The number of carbonyl (C=O) groups is 2. The van der Waals surface area contributed by atoms with Crippen molar-refractivity contribution in [1.29, 1.82) is 0 Å². The first-order valence-corrected chi connectivity index (χ1v) is 11.1. The molecule has 3 nitrogen and oxygen atoms in total. The van der Waals surface area contributed by atoms with Crippen molar-refractivity contribution in [2.24, 2.45) is 0 Å². The van der Waals surface area contributed by atoms with Crippen molar-refractivity contribution in [3.63, 3.8) is 0 Å². The maximum atomic E-state index is 12.8. The summed E-state index contributed by atoms with van der Waals surface area (Å²) in [6.07, 6.45) is 3.26. The first-order valence-electron chi connectivity index (χ1n) is 11.1. The van der Waals surface area contributed by atoms with E-state index in [1.54, 1.807) is 19.3 Å². The van der Waals surface area contributed by atoms with Gasteiger partial charge in [-0.15, -0.1) is 0 Å². The lowest BCUT2D eigenvalue weighted by molar-refractivity contribution is -0.125. The Balaban J connectivity index is 2.03. The van der Waals surface area contributed by atoms with Crippen LogP contribution in [-0.2, 0) is 15.0 Å². The summed E-state index contributed by atoms with van der Waals surface area (Å²) < 4.78 is 6.00. The quantitative estimate of drug-likeness (QED) is 0.443. The summed E-state index contributed by atoms with van der Waals surface area (Å²) in [5, 5.41) is 2.36. The molecule has 0 aromatic heterocycles. The van der Waals surface area contributed by atoms with Gasteiger partial charge in [0.05, 0.1) is 19.4 Å². The van der Waals surface area contributed by atoms with Gasteiger partial charge in [-0.25, -0.2) is 0 Å². The number of benzene rings is 3. The van der Waals surface area contributed by atoms with E-state index in [0.29, 0.717) is 0 Å². The van der Waals surface area contributed by atoms with Gasteiger partial charge in [0.25, 0.3) is 0 Å². The van der Waals surface area contributed by atoms with E-state index in [2.05, 4.69) is 77.1 Å². The van der Waals surface area contributed by atoms with E-state index < -0.39 is 5.92 Å². The van der Waals surface area contributed by atoms with Gasteiger partial charge in [-0.1, -0.05) is 68.8 Å². The van der Waals surface area contributed by atoms with Gasteiger partial charge in [-0.3, -0.25) is 9.59 Å². The molecule has 0 amide bonds. The zero-order valence-corrected chi connectivity index (χ0v) is 19.7. The number of ketones is 2. The summed E-state index contributed by atoms with van der Waals surface area (Å²) >= 11 is 0. The Morgan fingerprint density at radius 3 is 2.28 bits per heavy atom. The molecule has 0 fully saturated rings. The lowest BCUT2D eigenvalue weighted by Crippen LogP contribution is -2.21. The van der Waals surface area contributed by atoms with Crippen LogP contribution in [0.2, 0.25) is 0 Å². The summed E-state index contributed by atoms with van der Waals surface area (Å²) in [6, 6.07) is 15.0. The van der Waals surface area contributed by atoms with Gasteiger partial charge < -0.3 is 4.74 Å². The Kier molecular flexibility index (Phi) is 5.54. The third-order valence-electron chi connectivity index (χ3n) is 6.38. The average Bonchev–Trinajstić information content (AvgIpc) is 2.72. The van der Waals surface area contributed by atoms with Gasteiger partial charge in [0.15, 0.2) is 11.6 Å². The Hall–Kier alpha value is -3.20. The standard InChI is InChI=1S/C29H30O3/c1-17-7-8-20-14-21(10-9-19(20)13-17)27-18(2)24(23-12-11-22(30)15-26(23)31)16-25(28(27)32-6)29(3,4)5/h7-14,16,23H,15H2,1-6H3. The number of hydrogen-bond acceptors (Lipinski definition) is 3. The Morgan fingerprint density at radius 1 is 0.938 bits per heavy atom. The average molecular weight is 427 g/mol. The maximum Gasteiger partial charge on any atom is 0.162 e. The summed E-state index contributed by atoms with van der Waals surface area (Å²) in [5.74, 6) is 0.249. The largest absolute Gasteiger partial charge is 0.496 e. The highest BCUT2D eigenvalue weighted by atomic mass is 16.5. The fraction of sp³-hybridized carbons (Fsp3) is 0.310. The fourth-order valence-electron chi connectivity index (χ4n) is 4.67. The van der Waals surface area contributed by atoms with Crippen molar-refractivity contribution >= 4 is 22.3 Å². The molecule has 0 bridgehead atoms. The van der Waals surface area contributed by atoms with E-state index in [1.165, 1.54) is 10.9 Å². The number of hydrogen-bond donors (Lipinski definition) is 0. The smallest absolute Gasteiger partial charge is 0.162 e. The van der Waals surface area contributed by atoms with Crippen LogP contribution in [0.3, 0.4) is 0 Å². The van der Waals surface area contributed by atoms with E-state index in [9.17, 15) is 9.59 Å². The van der Waals surface area contributed by atoms with Crippen LogP contribution in [0, 0.1) is 13.8 Å². The van der Waals surface area contributed by atoms with Crippen LogP contribution in [0.1, 0.15) is 55.4 Å². The Labute approximate surface area is 190 Å². The SMILES string of the molecule is COc1c(C(C)(C)C)cc(C2C=CC(=O)CC2=O)c(C)c1-c1ccc2cc(C)ccc2c1. The second kappa shape index (κ2) is 8.05. The van der Waals surface area contributed by atoms with Gasteiger partial charge in [0.1, 0.15) is 5.75 Å². The van der Waals surface area contributed by atoms with Crippen molar-refractivity contribution in [1.82, 2.24) is 0 Å². The van der Waals surface area contributed by atoms with E-state index in [1.807, 2.05) is 0 Å². The molecule has 164 valence electrons. The van der Waals surface area contributed by atoms with Crippen LogP contribution < -0.4 is 4.74 Å². The van der Waals surface area contributed by atoms with Gasteiger partial charge in [-0.05, 0) is 58.9 Å². The number of carbonyl (C=O) groups excluding carboxylic acids is 2.